The third-order valence-corrected chi connectivity index (χ3v) is 4.56. The molecule has 2 aliphatic rings. The lowest BCUT2D eigenvalue weighted by Gasteiger charge is -2.21. The molecule has 0 bridgehead atoms. The zero-order valence-corrected chi connectivity index (χ0v) is 10.7. The summed E-state index contributed by atoms with van der Waals surface area (Å²) in [5.74, 6) is 1.48. The Hall–Kier alpha value is -0.220. The fourth-order valence-corrected chi connectivity index (χ4v) is 3.20. The van der Waals surface area contributed by atoms with Crippen LogP contribution in [0.1, 0.15) is 38.5 Å². The molecule has 0 radical (unpaired) electrons. The van der Waals surface area contributed by atoms with Crippen LogP contribution in [0.15, 0.2) is 0 Å². The van der Waals surface area contributed by atoms with Gasteiger partial charge in [-0.2, -0.15) is 11.8 Å². The summed E-state index contributed by atoms with van der Waals surface area (Å²) in [6.45, 7) is 1.71. The minimum atomic E-state index is 0.208. The highest BCUT2D eigenvalue weighted by Gasteiger charge is 2.20. The monoisotopic (exact) mass is 242 g/mol. The minimum absolute atomic E-state index is 0.208. The largest absolute Gasteiger partial charge is 0.355 e. The first-order chi connectivity index (χ1) is 7.84. The maximum atomic E-state index is 11.5. The standard InChI is InChI=1S/C12H22N2OS/c15-12(6-7-13-10-4-5-10)14-9-11-3-1-2-8-16-11/h10-11,13H,1-9H2,(H,14,15). The number of thioether (sulfide) groups is 1. The number of nitrogens with one attached hydrogen (secondary N) is 2. The maximum Gasteiger partial charge on any atom is 0.221 e. The first-order valence-electron chi connectivity index (χ1n) is 6.46. The summed E-state index contributed by atoms with van der Waals surface area (Å²) in [5, 5.41) is 7.07. The third-order valence-electron chi connectivity index (χ3n) is 3.16. The Kier molecular flexibility index (Phi) is 4.97. The Bertz CT molecular complexity index is 225. The molecule has 1 atom stereocenters. The minimum Gasteiger partial charge on any atom is -0.355 e. The van der Waals surface area contributed by atoms with Crippen molar-refractivity contribution in [2.24, 2.45) is 0 Å². The molecule has 92 valence electrons. The molecule has 1 heterocycles. The van der Waals surface area contributed by atoms with E-state index in [9.17, 15) is 4.79 Å². The number of rotatable bonds is 6. The van der Waals surface area contributed by atoms with E-state index in [0.717, 1.165) is 13.1 Å². The van der Waals surface area contributed by atoms with Gasteiger partial charge in [0.15, 0.2) is 0 Å². The average molecular weight is 242 g/mol. The zero-order valence-electron chi connectivity index (χ0n) is 9.84. The normalized spacial score (nSPS) is 25.4. The average Bonchev–Trinajstić information content (AvgIpc) is 3.12. The van der Waals surface area contributed by atoms with Gasteiger partial charge in [0.1, 0.15) is 0 Å². The predicted octanol–water partition coefficient (Wildman–Crippen LogP) is 1.53. The van der Waals surface area contributed by atoms with Crippen LogP contribution in [0.25, 0.3) is 0 Å². The maximum absolute atomic E-state index is 11.5. The summed E-state index contributed by atoms with van der Waals surface area (Å²) in [5.41, 5.74) is 0. The molecule has 16 heavy (non-hydrogen) atoms. The van der Waals surface area contributed by atoms with Crippen molar-refractivity contribution in [3.63, 3.8) is 0 Å². The van der Waals surface area contributed by atoms with E-state index in [4.69, 9.17) is 0 Å². The second kappa shape index (κ2) is 6.50. The second-order valence-electron chi connectivity index (χ2n) is 4.77. The molecule has 1 amide bonds. The molecule has 0 aromatic carbocycles. The molecule has 2 rings (SSSR count). The topological polar surface area (TPSA) is 41.1 Å². The Morgan fingerprint density at radius 3 is 2.81 bits per heavy atom. The van der Waals surface area contributed by atoms with Crippen LogP contribution in [0.3, 0.4) is 0 Å². The van der Waals surface area contributed by atoms with Crippen molar-refractivity contribution in [3.05, 3.63) is 0 Å². The van der Waals surface area contributed by atoms with E-state index in [1.54, 1.807) is 0 Å². The molecule has 1 saturated carbocycles. The van der Waals surface area contributed by atoms with Gasteiger partial charge in [-0.15, -0.1) is 0 Å². The van der Waals surface area contributed by atoms with Crippen LogP contribution in [0.5, 0.6) is 0 Å². The summed E-state index contributed by atoms with van der Waals surface area (Å²) < 4.78 is 0. The third kappa shape index (κ3) is 4.74. The van der Waals surface area contributed by atoms with Gasteiger partial charge in [-0.1, -0.05) is 6.42 Å². The molecule has 0 aromatic heterocycles. The van der Waals surface area contributed by atoms with Crippen molar-refractivity contribution in [2.45, 2.75) is 49.8 Å². The molecule has 4 heteroatoms. The van der Waals surface area contributed by atoms with E-state index < -0.39 is 0 Å². The highest BCUT2D eigenvalue weighted by Crippen LogP contribution is 2.24. The van der Waals surface area contributed by atoms with Crippen LogP contribution in [0.4, 0.5) is 0 Å². The van der Waals surface area contributed by atoms with Crippen molar-refractivity contribution >= 4 is 17.7 Å². The number of amides is 1. The van der Waals surface area contributed by atoms with Crippen molar-refractivity contribution in [1.29, 1.82) is 0 Å². The van der Waals surface area contributed by atoms with E-state index in [1.807, 2.05) is 11.8 Å². The van der Waals surface area contributed by atoms with E-state index in [-0.39, 0.29) is 5.91 Å². The number of carbonyl (C=O) groups is 1. The molecule has 1 saturated heterocycles. The zero-order chi connectivity index (χ0) is 11.2. The fraction of sp³-hybridized carbons (Fsp3) is 0.917. The molecular formula is C12H22N2OS. The predicted molar refractivity (Wildman–Crippen MR) is 68.7 cm³/mol. The number of carbonyl (C=O) groups excluding carboxylic acids is 1. The van der Waals surface area contributed by atoms with Crippen LogP contribution in [-0.4, -0.2) is 36.0 Å². The van der Waals surface area contributed by atoms with Gasteiger partial charge >= 0.3 is 0 Å². The first kappa shape index (κ1) is 12.2. The van der Waals surface area contributed by atoms with Gasteiger partial charge in [-0.3, -0.25) is 4.79 Å². The van der Waals surface area contributed by atoms with E-state index >= 15 is 0 Å². The van der Waals surface area contributed by atoms with Gasteiger partial charge in [0, 0.05) is 30.8 Å². The van der Waals surface area contributed by atoms with Crippen molar-refractivity contribution < 1.29 is 4.79 Å². The SMILES string of the molecule is O=C(CCNC1CC1)NCC1CCCCS1. The van der Waals surface area contributed by atoms with Crippen LogP contribution in [0, 0.1) is 0 Å². The van der Waals surface area contributed by atoms with Crippen molar-refractivity contribution in [2.75, 3.05) is 18.8 Å². The summed E-state index contributed by atoms with van der Waals surface area (Å²) in [6, 6.07) is 0.710. The number of hydrogen-bond donors (Lipinski definition) is 2. The van der Waals surface area contributed by atoms with Gasteiger partial charge in [0.05, 0.1) is 0 Å². The van der Waals surface area contributed by atoms with Gasteiger partial charge in [-0.25, -0.2) is 0 Å². The lowest BCUT2D eigenvalue weighted by Crippen LogP contribution is -2.33. The summed E-state index contributed by atoms with van der Waals surface area (Å²) in [4.78, 5) is 11.5. The molecule has 0 aromatic rings. The van der Waals surface area contributed by atoms with Crippen LogP contribution >= 0.6 is 11.8 Å². The first-order valence-corrected chi connectivity index (χ1v) is 7.51. The van der Waals surface area contributed by atoms with Crippen molar-refractivity contribution in [1.82, 2.24) is 10.6 Å². The highest BCUT2D eigenvalue weighted by atomic mass is 32.2. The van der Waals surface area contributed by atoms with E-state index in [1.165, 1.54) is 37.9 Å². The Balaban J connectivity index is 1.48. The molecule has 2 fully saturated rings. The molecule has 1 aliphatic heterocycles. The number of hydrogen-bond acceptors (Lipinski definition) is 3. The molecule has 1 aliphatic carbocycles. The van der Waals surface area contributed by atoms with Gasteiger partial charge in [0.25, 0.3) is 0 Å². The highest BCUT2D eigenvalue weighted by molar-refractivity contribution is 7.99. The molecule has 2 N–H and O–H groups in total. The van der Waals surface area contributed by atoms with Gasteiger partial charge in [-0.05, 0) is 31.4 Å². The van der Waals surface area contributed by atoms with Crippen LogP contribution < -0.4 is 10.6 Å². The van der Waals surface area contributed by atoms with Crippen LogP contribution in [-0.2, 0) is 4.79 Å². The summed E-state index contributed by atoms with van der Waals surface area (Å²) in [7, 11) is 0. The second-order valence-corrected chi connectivity index (χ2v) is 6.18. The molecule has 1 unspecified atom stereocenters. The smallest absolute Gasteiger partial charge is 0.221 e. The van der Waals surface area contributed by atoms with Crippen LogP contribution in [0.2, 0.25) is 0 Å². The Morgan fingerprint density at radius 2 is 2.12 bits per heavy atom. The van der Waals surface area contributed by atoms with E-state index in [2.05, 4.69) is 10.6 Å². The van der Waals surface area contributed by atoms with Crippen molar-refractivity contribution in [3.8, 4) is 0 Å². The quantitative estimate of drug-likeness (QED) is 0.742. The fourth-order valence-electron chi connectivity index (χ4n) is 1.96. The van der Waals surface area contributed by atoms with Gasteiger partial charge in [0.2, 0.25) is 5.91 Å². The summed E-state index contributed by atoms with van der Waals surface area (Å²) >= 11 is 2.01. The lowest BCUT2D eigenvalue weighted by molar-refractivity contribution is -0.120. The molecular weight excluding hydrogens is 220 g/mol. The lowest BCUT2D eigenvalue weighted by atomic mass is 10.2. The van der Waals surface area contributed by atoms with Gasteiger partial charge < -0.3 is 10.6 Å². The molecule has 0 spiro atoms. The Morgan fingerprint density at radius 1 is 1.25 bits per heavy atom. The van der Waals surface area contributed by atoms with E-state index in [0.29, 0.717) is 17.7 Å². The molecule has 3 nitrogen and oxygen atoms in total. The Labute approximate surface area is 102 Å². The summed E-state index contributed by atoms with van der Waals surface area (Å²) in [6.07, 6.45) is 7.16.